The van der Waals surface area contributed by atoms with Crippen LogP contribution in [0.1, 0.15) is 16.2 Å². The van der Waals surface area contributed by atoms with Gasteiger partial charge in [0, 0.05) is 19.8 Å². The predicted octanol–water partition coefficient (Wildman–Crippen LogP) is 2.20. The Morgan fingerprint density at radius 2 is 1.95 bits per heavy atom. The lowest BCUT2D eigenvalue weighted by atomic mass is 10.3. The molecular weight excluding hydrogens is 256 g/mol. The first-order valence-corrected chi connectivity index (χ1v) is 6.10. The van der Waals surface area contributed by atoms with Crippen LogP contribution in [0.3, 0.4) is 0 Å². The predicted molar refractivity (Wildman–Crippen MR) is 76.1 cm³/mol. The summed E-state index contributed by atoms with van der Waals surface area (Å²) in [5, 5.41) is 3.84. The maximum absolute atomic E-state index is 10.3. The van der Waals surface area contributed by atoms with Crippen molar-refractivity contribution < 1.29 is 9.21 Å². The molecule has 3 aromatic rings. The zero-order valence-electron chi connectivity index (χ0n) is 11.6. The minimum Gasteiger partial charge on any atom is -0.419 e. The summed E-state index contributed by atoms with van der Waals surface area (Å²) in [4.78, 5) is 16.2. The topological polar surface area (TPSA) is 63.6 Å². The Balaban J connectivity index is 0.000000151. The van der Waals surface area contributed by atoms with Gasteiger partial charge < -0.3 is 9.32 Å². The molecule has 0 N–H and O–H groups in total. The van der Waals surface area contributed by atoms with Gasteiger partial charge in [-0.15, -0.1) is 0 Å². The Morgan fingerprint density at radius 3 is 2.45 bits per heavy atom. The number of carbonyl (C=O) groups is 1. The van der Waals surface area contributed by atoms with Gasteiger partial charge in [-0.3, -0.25) is 4.79 Å². The number of nitrogens with zero attached hydrogens (tertiary/aromatic N) is 4. The van der Waals surface area contributed by atoms with E-state index in [0.29, 0.717) is 17.8 Å². The average Bonchev–Trinajstić information content (AvgIpc) is 3.04. The van der Waals surface area contributed by atoms with Gasteiger partial charge in [0.15, 0.2) is 12.0 Å². The first-order valence-electron chi connectivity index (χ1n) is 6.10. The highest BCUT2D eigenvalue weighted by Gasteiger charge is 2.09. The first kappa shape index (κ1) is 13.8. The zero-order chi connectivity index (χ0) is 14.5. The van der Waals surface area contributed by atoms with Crippen LogP contribution in [0.4, 0.5) is 5.69 Å². The SMILES string of the molecule is CN(C)c1ccccc1.Cc1c(C=O)oc2ncnn12. The van der Waals surface area contributed by atoms with Gasteiger partial charge in [-0.05, 0) is 19.1 Å². The number of aldehydes is 1. The Hall–Kier alpha value is -2.63. The molecule has 3 rings (SSSR count). The molecule has 6 heteroatoms. The highest BCUT2D eigenvalue weighted by atomic mass is 16.4. The molecule has 0 unspecified atom stereocenters. The molecule has 104 valence electrons. The highest BCUT2D eigenvalue weighted by Crippen LogP contribution is 2.10. The number of aryl methyl sites for hydroxylation is 1. The number of para-hydroxylation sites is 1. The molecule has 0 bridgehead atoms. The molecule has 0 radical (unpaired) electrons. The smallest absolute Gasteiger partial charge is 0.325 e. The van der Waals surface area contributed by atoms with Crippen LogP contribution in [0.25, 0.3) is 5.84 Å². The summed E-state index contributed by atoms with van der Waals surface area (Å²) in [6.45, 7) is 1.74. The summed E-state index contributed by atoms with van der Waals surface area (Å²) in [5.41, 5.74) is 1.92. The van der Waals surface area contributed by atoms with Crippen molar-refractivity contribution in [2.75, 3.05) is 19.0 Å². The second-order valence-electron chi connectivity index (χ2n) is 4.35. The van der Waals surface area contributed by atoms with Crippen molar-refractivity contribution in [3.05, 3.63) is 48.1 Å². The van der Waals surface area contributed by atoms with Crippen LogP contribution in [0.2, 0.25) is 0 Å². The van der Waals surface area contributed by atoms with E-state index in [2.05, 4.69) is 27.1 Å². The molecule has 0 amide bonds. The maximum atomic E-state index is 10.3. The minimum absolute atomic E-state index is 0.278. The van der Waals surface area contributed by atoms with E-state index in [1.807, 2.05) is 32.3 Å². The molecule has 0 saturated carbocycles. The summed E-state index contributed by atoms with van der Waals surface area (Å²) >= 11 is 0. The molecule has 0 aliphatic carbocycles. The van der Waals surface area contributed by atoms with Gasteiger partial charge in [0.25, 0.3) is 0 Å². The second kappa shape index (κ2) is 6.01. The summed E-state index contributed by atoms with van der Waals surface area (Å²) in [5.74, 6) is 0.630. The van der Waals surface area contributed by atoms with Crippen LogP contribution in [0.5, 0.6) is 0 Å². The van der Waals surface area contributed by atoms with Crippen molar-refractivity contribution in [2.45, 2.75) is 6.92 Å². The molecule has 0 aliphatic rings. The van der Waals surface area contributed by atoms with Crippen molar-refractivity contribution in [3.63, 3.8) is 0 Å². The molecule has 2 heterocycles. The number of hydrogen-bond donors (Lipinski definition) is 0. The van der Waals surface area contributed by atoms with E-state index in [1.54, 1.807) is 6.92 Å². The number of oxazole rings is 1. The van der Waals surface area contributed by atoms with Gasteiger partial charge in [-0.25, -0.2) is 0 Å². The van der Waals surface area contributed by atoms with Gasteiger partial charge in [0.05, 0.1) is 5.69 Å². The van der Waals surface area contributed by atoms with Gasteiger partial charge in [-0.2, -0.15) is 14.6 Å². The van der Waals surface area contributed by atoms with Crippen molar-refractivity contribution in [1.29, 1.82) is 0 Å². The van der Waals surface area contributed by atoms with Crippen molar-refractivity contribution >= 4 is 17.8 Å². The van der Waals surface area contributed by atoms with E-state index in [1.165, 1.54) is 16.5 Å². The fraction of sp³-hybridized carbons (Fsp3) is 0.214. The van der Waals surface area contributed by atoms with Gasteiger partial charge >= 0.3 is 5.84 Å². The van der Waals surface area contributed by atoms with E-state index in [9.17, 15) is 4.79 Å². The molecule has 0 aliphatic heterocycles. The first-order chi connectivity index (χ1) is 9.63. The minimum atomic E-state index is 0.278. The van der Waals surface area contributed by atoms with Crippen molar-refractivity contribution in [1.82, 2.24) is 14.6 Å². The van der Waals surface area contributed by atoms with Crippen LogP contribution >= 0.6 is 0 Å². The lowest BCUT2D eigenvalue weighted by Gasteiger charge is -2.10. The third-order valence-electron chi connectivity index (χ3n) is 2.77. The Kier molecular flexibility index (Phi) is 4.14. The average molecular weight is 272 g/mol. The number of hydrogen-bond acceptors (Lipinski definition) is 5. The molecule has 0 atom stereocenters. The van der Waals surface area contributed by atoms with Gasteiger partial charge in [0.1, 0.15) is 6.33 Å². The Morgan fingerprint density at radius 1 is 1.25 bits per heavy atom. The van der Waals surface area contributed by atoms with E-state index in [4.69, 9.17) is 4.42 Å². The summed E-state index contributed by atoms with van der Waals surface area (Å²) in [7, 11) is 4.07. The summed E-state index contributed by atoms with van der Waals surface area (Å²) in [6, 6.07) is 10.3. The summed E-state index contributed by atoms with van der Waals surface area (Å²) in [6.07, 6.45) is 2.02. The third-order valence-corrected chi connectivity index (χ3v) is 2.77. The van der Waals surface area contributed by atoms with Crippen LogP contribution in [0.15, 0.2) is 41.1 Å². The molecule has 6 nitrogen and oxygen atoms in total. The van der Waals surface area contributed by atoms with Crippen molar-refractivity contribution in [2.24, 2.45) is 0 Å². The lowest BCUT2D eigenvalue weighted by molar-refractivity contribution is 0.110. The Labute approximate surface area is 116 Å². The molecule has 1 aromatic carbocycles. The van der Waals surface area contributed by atoms with Gasteiger partial charge in [0.2, 0.25) is 0 Å². The number of aromatic nitrogens is 3. The van der Waals surface area contributed by atoms with Crippen molar-refractivity contribution in [3.8, 4) is 0 Å². The van der Waals surface area contributed by atoms with Crippen LogP contribution in [-0.2, 0) is 0 Å². The molecule has 2 aromatic heterocycles. The number of benzene rings is 1. The lowest BCUT2D eigenvalue weighted by Crippen LogP contribution is -2.07. The fourth-order valence-electron chi connectivity index (χ4n) is 1.64. The number of fused-ring (bicyclic) bond motifs is 1. The fourth-order valence-corrected chi connectivity index (χ4v) is 1.64. The normalized spacial score (nSPS) is 9.95. The summed E-state index contributed by atoms with van der Waals surface area (Å²) < 4.78 is 6.49. The monoisotopic (exact) mass is 272 g/mol. The highest BCUT2D eigenvalue weighted by molar-refractivity contribution is 5.72. The number of rotatable bonds is 2. The quantitative estimate of drug-likeness (QED) is 0.669. The molecule has 0 saturated heterocycles. The molecule has 20 heavy (non-hydrogen) atoms. The van der Waals surface area contributed by atoms with E-state index < -0.39 is 0 Å². The van der Waals surface area contributed by atoms with Crippen LogP contribution < -0.4 is 4.90 Å². The molecule has 0 fully saturated rings. The third kappa shape index (κ3) is 2.85. The maximum Gasteiger partial charge on any atom is 0.325 e. The van der Waals surface area contributed by atoms with Gasteiger partial charge in [-0.1, -0.05) is 18.2 Å². The van der Waals surface area contributed by atoms with E-state index >= 15 is 0 Å². The van der Waals surface area contributed by atoms with E-state index in [0.717, 1.165) is 0 Å². The number of carbonyl (C=O) groups excluding carboxylic acids is 1. The van der Waals surface area contributed by atoms with E-state index in [-0.39, 0.29) is 5.76 Å². The largest absolute Gasteiger partial charge is 0.419 e. The van der Waals surface area contributed by atoms with Crippen LogP contribution in [-0.4, -0.2) is 35.0 Å². The Bertz CT molecular complexity index is 686. The zero-order valence-corrected chi connectivity index (χ0v) is 11.6. The standard InChI is InChI=1S/C8H11N.C6H5N3O2/c1-9(2)8-6-4-3-5-7-8;1-4-5(2-10)11-6-7-3-8-9(4)6/h3-7H,1-2H3;2-3H,1H3. The molecule has 0 spiro atoms. The number of anilines is 1. The van der Waals surface area contributed by atoms with Crippen LogP contribution in [0, 0.1) is 6.92 Å². The second-order valence-corrected chi connectivity index (χ2v) is 4.35. The molecular formula is C14H16N4O2.